The minimum absolute atomic E-state index is 0.0362. The van der Waals surface area contributed by atoms with Gasteiger partial charge in [-0.3, -0.25) is 4.79 Å². The molecule has 34 heavy (non-hydrogen) atoms. The summed E-state index contributed by atoms with van der Waals surface area (Å²) in [6.07, 6.45) is 0.950. The first-order valence-electron chi connectivity index (χ1n) is 11.6. The van der Waals surface area contributed by atoms with Crippen LogP contribution in [0.15, 0.2) is 47.4 Å². The topological polar surface area (TPSA) is 94.2 Å². The van der Waals surface area contributed by atoms with Crippen molar-refractivity contribution in [2.45, 2.75) is 37.6 Å². The number of nitrogens with zero attached hydrogens (tertiary/aromatic N) is 1. The largest absolute Gasteiger partial charge is 0.497 e. The maximum Gasteiger partial charge on any atom is 0.243 e. The van der Waals surface area contributed by atoms with Crippen LogP contribution in [0.4, 0.5) is 0 Å². The molecule has 4 rings (SSSR count). The van der Waals surface area contributed by atoms with E-state index in [-0.39, 0.29) is 28.7 Å². The standard InChI is InChI=1S/C25H32N2O6S/c1-17(2)24(18-4-6-20(31-3)7-5-18)26-25(28)19-10-12-27(13-11-19)34(29,30)21-8-9-22-23(16-21)33-15-14-32-22/h4-9,16-17,19,24H,10-15H2,1-3H3,(H,26,28)/t24-/m0/s1. The summed E-state index contributed by atoms with van der Waals surface area (Å²) in [5.41, 5.74) is 1.02. The Morgan fingerprint density at radius 1 is 1.03 bits per heavy atom. The van der Waals surface area contributed by atoms with Crippen molar-refractivity contribution in [3.63, 3.8) is 0 Å². The molecule has 2 aliphatic heterocycles. The number of carbonyl (C=O) groups is 1. The number of fused-ring (bicyclic) bond motifs is 1. The second-order valence-electron chi connectivity index (χ2n) is 8.99. The molecule has 0 unspecified atom stereocenters. The molecule has 1 fully saturated rings. The molecule has 9 heteroatoms. The number of hydrogen-bond donors (Lipinski definition) is 1. The SMILES string of the molecule is COc1ccc([C@@H](NC(=O)C2CCN(S(=O)(=O)c3ccc4c(c3)OCCO4)CC2)C(C)C)cc1. The van der Waals surface area contributed by atoms with Gasteiger partial charge in [0.05, 0.1) is 18.0 Å². The zero-order valence-corrected chi connectivity index (χ0v) is 20.6. The summed E-state index contributed by atoms with van der Waals surface area (Å²) in [6.45, 7) is 5.57. The van der Waals surface area contributed by atoms with E-state index in [4.69, 9.17) is 14.2 Å². The molecule has 0 bridgehead atoms. The maximum absolute atomic E-state index is 13.2. The van der Waals surface area contributed by atoms with Crippen molar-refractivity contribution in [3.05, 3.63) is 48.0 Å². The van der Waals surface area contributed by atoms with E-state index in [9.17, 15) is 13.2 Å². The van der Waals surface area contributed by atoms with E-state index in [1.165, 1.54) is 10.4 Å². The summed E-state index contributed by atoms with van der Waals surface area (Å²) in [4.78, 5) is 13.2. The molecule has 2 aliphatic rings. The molecule has 1 amide bonds. The minimum atomic E-state index is -3.68. The first-order valence-corrected chi connectivity index (χ1v) is 13.1. The quantitative estimate of drug-likeness (QED) is 0.642. The molecule has 8 nitrogen and oxygen atoms in total. The lowest BCUT2D eigenvalue weighted by molar-refractivity contribution is -0.127. The van der Waals surface area contributed by atoms with Gasteiger partial charge in [0.15, 0.2) is 11.5 Å². The smallest absolute Gasteiger partial charge is 0.243 e. The van der Waals surface area contributed by atoms with Crippen LogP contribution in [-0.4, -0.2) is 52.0 Å². The molecule has 184 valence electrons. The van der Waals surface area contributed by atoms with Crippen LogP contribution < -0.4 is 19.5 Å². The van der Waals surface area contributed by atoms with E-state index < -0.39 is 10.0 Å². The lowest BCUT2D eigenvalue weighted by atomic mass is 9.92. The third-order valence-electron chi connectivity index (χ3n) is 6.42. The van der Waals surface area contributed by atoms with Gasteiger partial charge < -0.3 is 19.5 Å². The van der Waals surface area contributed by atoms with Gasteiger partial charge in [0, 0.05) is 25.1 Å². The molecular weight excluding hydrogens is 456 g/mol. The van der Waals surface area contributed by atoms with Crippen LogP contribution in [0.1, 0.15) is 38.3 Å². The summed E-state index contributed by atoms with van der Waals surface area (Å²) < 4.78 is 44.0. The van der Waals surface area contributed by atoms with Crippen LogP contribution >= 0.6 is 0 Å². The van der Waals surface area contributed by atoms with Crippen molar-refractivity contribution in [1.82, 2.24) is 9.62 Å². The van der Waals surface area contributed by atoms with Gasteiger partial charge in [0.1, 0.15) is 19.0 Å². The van der Waals surface area contributed by atoms with E-state index in [0.29, 0.717) is 50.6 Å². The lowest BCUT2D eigenvalue weighted by Gasteiger charge is -2.32. The van der Waals surface area contributed by atoms with Crippen LogP contribution in [0.5, 0.6) is 17.2 Å². The van der Waals surface area contributed by atoms with Gasteiger partial charge >= 0.3 is 0 Å². The monoisotopic (exact) mass is 488 g/mol. The number of methoxy groups -OCH3 is 1. The third kappa shape index (κ3) is 5.15. The first-order chi connectivity index (χ1) is 16.3. The Labute approximate surface area is 201 Å². The average molecular weight is 489 g/mol. The molecule has 1 saturated heterocycles. The normalized spacial score (nSPS) is 17.9. The number of benzene rings is 2. The molecule has 2 aromatic rings. The van der Waals surface area contributed by atoms with Crippen LogP contribution in [0.25, 0.3) is 0 Å². The van der Waals surface area contributed by atoms with Gasteiger partial charge in [0.2, 0.25) is 15.9 Å². The van der Waals surface area contributed by atoms with Crippen molar-refractivity contribution >= 4 is 15.9 Å². The Morgan fingerprint density at radius 3 is 2.29 bits per heavy atom. The summed E-state index contributed by atoms with van der Waals surface area (Å²) in [5, 5.41) is 3.18. The molecule has 0 saturated carbocycles. The third-order valence-corrected chi connectivity index (χ3v) is 8.31. The summed E-state index contributed by atoms with van der Waals surface area (Å²) in [7, 11) is -2.05. The fourth-order valence-corrected chi connectivity index (χ4v) is 5.89. The number of nitrogens with one attached hydrogen (secondary N) is 1. The Morgan fingerprint density at radius 2 is 1.68 bits per heavy atom. The summed E-state index contributed by atoms with van der Waals surface area (Å²) >= 11 is 0. The van der Waals surface area contributed by atoms with E-state index in [1.807, 2.05) is 24.3 Å². The number of sulfonamides is 1. The zero-order valence-electron chi connectivity index (χ0n) is 19.8. The van der Waals surface area contributed by atoms with E-state index in [1.54, 1.807) is 19.2 Å². The van der Waals surface area contributed by atoms with Crippen molar-refractivity contribution in [2.24, 2.45) is 11.8 Å². The molecular formula is C25H32N2O6S. The highest BCUT2D eigenvalue weighted by atomic mass is 32.2. The van der Waals surface area contributed by atoms with Crippen LogP contribution in [0.3, 0.4) is 0 Å². The second-order valence-corrected chi connectivity index (χ2v) is 10.9. The van der Waals surface area contributed by atoms with Gasteiger partial charge in [-0.2, -0.15) is 4.31 Å². The fraction of sp³-hybridized carbons (Fsp3) is 0.480. The second kappa shape index (κ2) is 10.2. The predicted octanol–water partition coefficient (Wildman–Crippen LogP) is 3.38. The number of ether oxygens (including phenoxy) is 3. The molecule has 0 radical (unpaired) electrons. The van der Waals surface area contributed by atoms with E-state index in [2.05, 4.69) is 19.2 Å². The lowest BCUT2D eigenvalue weighted by Crippen LogP contribution is -2.44. The number of rotatable bonds is 7. The van der Waals surface area contributed by atoms with Gasteiger partial charge in [-0.15, -0.1) is 0 Å². The van der Waals surface area contributed by atoms with Crippen molar-refractivity contribution < 1.29 is 27.4 Å². The van der Waals surface area contributed by atoms with Gasteiger partial charge in [-0.25, -0.2) is 8.42 Å². The molecule has 0 aromatic heterocycles. The van der Waals surface area contributed by atoms with E-state index in [0.717, 1.165) is 11.3 Å². The van der Waals surface area contributed by atoms with Gasteiger partial charge in [-0.05, 0) is 48.6 Å². The average Bonchev–Trinajstić information content (AvgIpc) is 2.86. The highest BCUT2D eigenvalue weighted by Crippen LogP contribution is 2.34. The molecule has 0 spiro atoms. The van der Waals surface area contributed by atoms with Crippen molar-refractivity contribution in [1.29, 1.82) is 0 Å². The number of carbonyl (C=O) groups excluding carboxylic acids is 1. The summed E-state index contributed by atoms with van der Waals surface area (Å²) in [6, 6.07) is 12.3. The predicted molar refractivity (Wildman–Crippen MR) is 128 cm³/mol. The maximum atomic E-state index is 13.2. The molecule has 0 aliphatic carbocycles. The van der Waals surface area contributed by atoms with E-state index >= 15 is 0 Å². The number of amides is 1. The highest BCUT2D eigenvalue weighted by molar-refractivity contribution is 7.89. The van der Waals surface area contributed by atoms with Gasteiger partial charge in [-0.1, -0.05) is 26.0 Å². The molecule has 1 N–H and O–H groups in total. The number of hydrogen-bond acceptors (Lipinski definition) is 6. The molecule has 1 atom stereocenters. The Kier molecular flexibility index (Phi) is 7.33. The van der Waals surface area contributed by atoms with Crippen molar-refractivity contribution in [2.75, 3.05) is 33.4 Å². The zero-order chi connectivity index (χ0) is 24.3. The Bertz CT molecular complexity index is 1110. The van der Waals surface area contributed by atoms with Crippen LogP contribution in [-0.2, 0) is 14.8 Å². The fourth-order valence-electron chi connectivity index (χ4n) is 4.41. The molecule has 2 aromatic carbocycles. The summed E-state index contributed by atoms with van der Waals surface area (Å²) in [5.74, 6) is 1.70. The molecule has 2 heterocycles. The number of piperidine rings is 1. The van der Waals surface area contributed by atoms with Crippen LogP contribution in [0, 0.1) is 11.8 Å². The van der Waals surface area contributed by atoms with Gasteiger partial charge in [0.25, 0.3) is 0 Å². The Hall–Kier alpha value is -2.78. The minimum Gasteiger partial charge on any atom is -0.497 e. The highest BCUT2D eigenvalue weighted by Gasteiger charge is 2.34. The van der Waals surface area contributed by atoms with Crippen molar-refractivity contribution in [3.8, 4) is 17.2 Å². The first kappa shape index (κ1) is 24.3. The Balaban J connectivity index is 1.39. The van der Waals surface area contributed by atoms with Crippen LogP contribution in [0.2, 0.25) is 0 Å².